The van der Waals surface area contributed by atoms with Gasteiger partial charge in [-0.2, -0.15) is 5.10 Å². The molecule has 0 aliphatic rings. The maximum Gasteiger partial charge on any atom is 0.145 e. The van der Waals surface area contributed by atoms with Gasteiger partial charge >= 0.3 is 0 Å². The Bertz CT molecular complexity index is 338. The minimum Gasteiger partial charge on any atom is -0.301 e. The molecule has 0 N–H and O–H groups in total. The Hall–Kier alpha value is -1.52. The highest BCUT2D eigenvalue weighted by atomic mass is 16.1. The van der Waals surface area contributed by atoms with Crippen molar-refractivity contribution in [1.29, 1.82) is 0 Å². The molecule has 5 heteroatoms. The van der Waals surface area contributed by atoms with Crippen molar-refractivity contribution in [1.82, 2.24) is 14.8 Å². The first kappa shape index (κ1) is 11.6. The van der Waals surface area contributed by atoms with Crippen LogP contribution in [0.5, 0.6) is 0 Å². The van der Waals surface area contributed by atoms with E-state index < -0.39 is 11.5 Å². The molecule has 0 saturated carbocycles. The van der Waals surface area contributed by atoms with Gasteiger partial charge < -0.3 is 4.79 Å². The number of carbonyl (C=O) groups excluding carboxylic acids is 2. The Morgan fingerprint density at radius 3 is 2.60 bits per heavy atom. The molecule has 82 valence electrons. The van der Waals surface area contributed by atoms with Crippen molar-refractivity contribution in [3.05, 3.63) is 12.7 Å². The lowest BCUT2D eigenvalue weighted by Crippen LogP contribution is -2.25. The third kappa shape index (κ3) is 2.97. The number of hydrogen-bond donors (Lipinski definition) is 0. The van der Waals surface area contributed by atoms with Gasteiger partial charge in [-0.1, -0.05) is 20.8 Å². The van der Waals surface area contributed by atoms with E-state index in [0.29, 0.717) is 0 Å². The van der Waals surface area contributed by atoms with Gasteiger partial charge in [0.1, 0.15) is 30.8 Å². The zero-order valence-corrected chi connectivity index (χ0v) is 9.17. The standard InChI is InChI=1S/C10H15N3O2/c1-10(2,3)9(15)4-8(5-14)13-7-11-6-12-13/h5-8H,4H2,1-3H3. The summed E-state index contributed by atoms with van der Waals surface area (Å²) in [6.07, 6.45) is 3.67. The van der Waals surface area contributed by atoms with Gasteiger partial charge in [0.15, 0.2) is 0 Å². The molecule has 1 aromatic rings. The molecule has 0 aromatic carbocycles. The first-order chi connectivity index (χ1) is 6.95. The van der Waals surface area contributed by atoms with Crippen LogP contribution in [0.3, 0.4) is 0 Å². The lowest BCUT2D eigenvalue weighted by Gasteiger charge is -2.18. The summed E-state index contributed by atoms with van der Waals surface area (Å²) in [6, 6.07) is -0.542. The maximum absolute atomic E-state index is 11.7. The maximum atomic E-state index is 11.7. The molecule has 0 spiro atoms. The van der Waals surface area contributed by atoms with Gasteiger partial charge in [-0.25, -0.2) is 9.67 Å². The number of aldehydes is 1. The number of nitrogens with zero attached hydrogens (tertiary/aromatic N) is 3. The Labute approximate surface area is 88.5 Å². The molecule has 0 radical (unpaired) electrons. The van der Waals surface area contributed by atoms with Gasteiger partial charge in [-0.15, -0.1) is 0 Å². The molecule has 1 rings (SSSR count). The third-order valence-electron chi connectivity index (χ3n) is 2.16. The van der Waals surface area contributed by atoms with E-state index in [-0.39, 0.29) is 12.2 Å². The fourth-order valence-corrected chi connectivity index (χ4v) is 1.09. The monoisotopic (exact) mass is 209 g/mol. The van der Waals surface area contributed by atoms with Crippen molar-refractivity contribution in [3.8, 4) is 0 Å². The molecule has 0 saturated heterocycles. The van der Waals surface area contributed by atoms with Crippen LogP contribution in [0.1, 0.15) is 33.2 Å². The molecule has 15 heavy (non-hydrogen) atoms. The lowest BCUT2D eigenvalue weighted by atomic mass is 9.87. The SMILES string of the molecule is CC(C)(C)C(=O)CC(C=O)n1cncn1. The van der Waals surface area contributed by atoms with Gasteiger partial charge in [0.25, 0.3) is 0 Å². The molecular formula is C10H15N3O2. The fraction of sp³-hybridized carbons (Fsp3) is 0.600. The summed E-state index contributed by atoms with van der Waals surface area (Å²) in [5, 5.41) is 3.84. The van der Waals surface area contributed by atoms with E-state index in [1.54, 1.807) is 0 Å². The fourth-order valence-electron chi connectivity index (χ4n) is 1.09. The molecule has 0 amide bonds. The van der Waals surface area contributed by atoms with Crippen LogP contribution in [0.2, 0.25) is 0 Å². The summed E-state index contributed by atoms with van der Waals surface area (Å²) in [5.41, 5.74) is -0.429. The van der Waals surface area contributed by atoms with Crippen LogP contribution < -0.4 is 0 Å². The predicted molar refractivity (Wildman–Crippen MR) is 54.2 cm³/mol. The number of hydrogen-bond acceptors (Lipinski definition) is 4. The zero-order valence-electron chi connectivity index (χ0n) is 9.17. The van der Waals surface area contributed by atoms with Crippen LogP contribution in [-0.4, -0.2) is 26.8 Å². The van der Waals surface area contributed by atoms with Crippen LogP contribution in [0, 0.1) is 5.41 Å². The topological polar surface area (TPSA) is 64.8 Å². The van der Waals surface area contributed by atoms with Crippen LogP contribution in [0.15, 0.2) is 12.7 Å². The minimum atomic E-state index is -0.542. The Morgan fingerprint density at radius 2 is 2.20 bits per heavy atom. The Kier molecular flexibility index (Phi) is 3.34. The summed E-state index contributed by atoms with van der Waals surface area (Å²) in [5.74, 6) is 0.0371. The number of aromatic nitrogens is 3. The van der Waals surface area contributed by atoms with Crippen molar-refractivity contribution in [2.45, 2.75) is 33.2 Å². The molecule has 0 aliphatic heterocycles. The van der Waals surface area contributed by atoms with E-state index in [0.717, 1.165) is 6.29 Å². The van der Waals surface area contributed by atoms with Crippen LogP contribution >= 0.6 is 0 Å². The zero-order chi connectivity index (χ0) is 11.5. The van der Waals surface area contributed by atoms with Gasteiger partial charge in [0.2, 0.25) is 0 Å². The van der Waals surface area contributed by atoms with E-state index in [1.165, 1.54) is 17.3 Å². The second kappa shape index (κ2) is 4.33. The minimum absolute atomic E-state index is 0.0371. The van der Waals surface area contributed by atoms with E-state index in [9.17, 15) is 9.59 Å². The Morgan fingerprint density at radius 1 is 1.53 bits per heavy atom. The average Bonchev–Trinajstić information content (AvgIpc) is 2.64. The molecule has 1 atom stereocenters. The lowest BCUT2D eigenvalue weighted by molar-refractivity contribution is -0.128. The molecule has 0 aliphatic carbocycles. The van der Waals surface area contributed by atoms with Crippen LogP contribution in [0.4, 0.5) is 0 Å². The van der Waals surface area contributed by atoms with E-state index in [2.05, 4.69) is 10.1 Å². The number of carbonyl (C=O) groups is 2. The highest BCUT2D eigenvalue weighted by molar-refractivity contribution is 5.86. The number of ketones is 1. The second-order valence-electron chi connectivity index (χ2n) is 4.46. The average molecular weight is 209 g/mol. The molecule has 1 heterocycles. The van der Waals surface area contributed by atoms with E-state index >= 15 is 0 Å². The summed E-state index contributed by atoms with van der Waals surface area (Å²) in [6.45, 7) is 5.50. The molecular weight excluding hydrogens is 194 g/mol. The van der Waals surface area contributed by atoms with E-state index in [1.807, 2.05) is 20.8 Å². The largest absolute Gasteiger partial charge is 0.301 e. The van der Waals surface area contributed by atoms with Gasteiger partial charge in [-0.05, 0) is 0 Å². The summed E-state index contributed by atoms with van der Waals surface area (Å²) in [4.78, 5) is 26.3. The van der Waals surface area contributed by atoms with Crippen molar-refractivity contribution in [3.63, 3.8) is 0 Å². The summed E-state index contributed by atoms with van der Waals surface area (Å²) < 4.78 is 1.40. The van der Waals surface area contributed by atoms with Crippen molar-refractivity contribution in [2.75, 3.05) is 0 Å². The summed E-state index contributed by atoms with van der Waals surface area (Å²) >= 11 is 0. The first-order valence-electron chi connectivity index (χ1n) is 4.78. The first-order valence-corrected chi connectivity index (χ1v) is 4.78. The number of Topliss-reactive ketones (excluding diaryl/α,β-unsaturated/α-hetero) is 1. The molecule has 1 aromatic heterocycles. The molecule has 0 bridgehead atoms. The quantitative estimate of drug-likeness (QED) is 0.694. The molecule has 5 nitrogen and oxygen atoms in total. The Balaban J connectivity index is 2.71. The van der Waals surface area contributed by atoms with Crippen LogP contribution in [0.25, 0.3) is 0 Å². The van der Waals surface area contributed by atoms with Gasteiger partial charge in [0, 0.05) is 11.8 Å². The molecule has 0 fully saturated rings. The predicted octanol–water partition coefficient (Wildman–Crippen LogP) is 1.02. The van der Waals surface area contributed by atoms with E-state index in [4.69, 9.17) is 0 Å². The molecule has 1 unspecified atom stereocenters. The van der Waals surface area contributed by atoms with Crippen molar-refractivity contribution < 1.29 is 9.59 Å². The number of rotatable bonds is 4. The normalized spacial score (nSPS) is 13.5. The highest BCUT2D eigenvalue weighted by Gasteiger charge is 2.25. The van der Waals surface area contributed by atoms with Gasteiger partial charge in [-0.3, -0.25) is 4.79 Å². The van der Waals surface area contributed by atoms with Crippen molar-refractivity contribution >= 4 is 12.1 Å². The van der Waals surface area contributed by atoms with Gasteiger partial charge in [0.05, 0.1) is 0 Å². The van der Waals surface area contributed by atoms with Crippen LogP contribution in [-0.2, 0) is 9.59 Å². The van der Waals surface area contributed by atoms with Crippen molar-refractivity contribution in [2.24, 2.45) is 5.41 Å². The second-order valence-corrected chi connectivity index (χ2v) is 4.46. The smallest absolute Gasteiger partial charge is 0.145 e. The third-order valence-corrected chi connectivity index (χ3v) is 2.16. The highest BCUT2D eigenvalue weighted by Crippen LogP contribution is 2.20. The summed E-state index contributed by atoms with van der Waals surface area (Å²) in [7, 11) is 0.